The van der Waals surface area contributed by atoms with Crippen LogP contribution >= 0.6 is 0 Å². The van der Waals surface area contributed by atoms with Crippen LogP contribution in [0.3, 0.4) is 0 Å². The third-order valence-corrected chi connectivity index (χ3v) is 5.29. The lowest BCUT2D eigenvalue weighted by Crippen LogP contribution is -2.36. The predicted octanol–water partition coefficient (Wildman–Crippen LogP) is 5.39. The highest BCUT2D eigenvalue weighted by atomic mass is 16.4. The lowest BCUT2D eigenvalue weighted by Gasteiger charge is -2.22. The molecule has 2 aromatic carbocycles. The van der Waals surface area contributed by atoms with Crippen LogP contribution in [0.4, 0.5) is 0 Å². The van der Waals surface area contributed by atoms with Gasteiger partial charge in [0.1, 0.15) is 5.69 Å². The fraction of sp³-hybridized carbons (Fsp3) is 0.333. The van der Waals surface area contributed by atoms with Gasteiger partial charge in [0.25, 0.3) is 0 Å². The van der Waals surface area contributed by atoms with E-state index < -0.39 is 0 Å². The Hall–Kier alpha value is -2.88. The Kier molecular flexibility index (Phi) is 5.86. The topological polar surface area (TPSA) is 55.1 Å². The van der Waals surface area contributed by atoms with E-state index in [0.29, 0.717) is 24.8 Å². The van der Waals surface area contributed by atoms with E-state index in [4.69, 9.17) is 9.40 Å². The molecule has 0 radical (unpaired) electrons. The van der Waals surface area contributed by atoms with E-state index in [1.165, 1.54) is 19.3 Å². The number of oxazole rings is 1. The molecule has 28 heavy (non-hydrogen) atoms. The van der Waals surface area contributed by atoms with Gasteiger partial charge in [-0.1, -0.05) is 79.9 Å². The SMILES string of the molecule is O=C(CCc1nc(-c2ccccc2)c(-c2ccccc2)o1)NC1CCCCC1. The molecule has 0 bridgehead atoms. The minimum atomic E-state index is 0.0904. The number of hydrogen-bond donors (Lipinski definition) is 1. The number of aryl methyl sites for hydroxylation is 1. The number of hydrogen-bond acceptors (Lipinski definition) is 3. The van der Waals surface area contributed by atoms with Gasteiger partial charge in [-0.15, -0.1) is 0 Å². The van der Waals surface area contributed by atoms with Gasteiger partial charge in [-0.05, 0) is 12.8 Å². The molecule has 1 aliphatic rings. The van der Waals surface area contributed by atoms with Crippen molar-refractivity contribution >= 4 is 5.91 Å². The van der Waals surface area contributed by atoms with Gasteiger partial charge in [0.15, 0.2) is 11.7 Å². The molecule has 0 spiro atoms. The Morgan fingerprint density at radius 2 is 1.57 bits per heavy atom. The smallest absolute Gasteiger partial charge is 0.220 e. The summed E-state index contributed by atoms with van der Waals surface area (Å²) in [6, 6.07) is 20.4. The summed E-state index contributed by atoms with van der Waals surface area (Å²) in [5.41, 5.74) is 2.84. The molecular weight excluding hydrogens is 348 g/mol. The van der Waals surface area contributed by atoms with Gasteiger partial charge >= 0.3 is 0 Å². The van der Waals surface area contributed by atoms with E-state index >= 15 is 0 Å². The zero-order valence-electron chi connectivity index (χ0n) is 16.1. The number of nitrogens with one attached hydrogen (secondary N) is 1. The molecule has 0 atom stereocenters. The van der Waals surface area contributed by atoms with Gasteiger partial charge in [-0.3, -0.25) is 4.79 Å². The maximum absolute atomic E-state index is 12.3. The first kappa shape index (κ1) is 18.5. The molecule has 0 aliphatic heterocycles. The number of benzene rings is 2. The van der Waals surface area contributed by atoms with Crippen molar-refractivity contribution in [1.82, 2.24) is 10.3 Å². The summed E-state index contributed by atoms with van der Waals surface area (Å²) in [6.07, 6.45) is 6.82. The van der Waals surface area contributed by atoms with Crippen LogP contribution in [0, 0.1) is 0 Å². The van der Waals surface area contributed by atoms with Crippen LogP contribution < -0.4 is 5.32 Å². The van der Waals surface area contributed by atoms with Crippen molar-refractivity contribution in [2.45, 2.75) is 51.0 Å². The zero-order valence-corrected chi connectivity index (χ0v) is 16.1. The zero-order chi connectivity index (χ0) is 19.2. The lowest BCUT2D eigenvalue weighted by atomic mass is 9.95. The molecule has 4 rings (SSSR count). The van der Waals surface area contributed by atoms with E-state index in [2.05, 4.69) is 5.32 Å². The molecule has 144 valence electrons. The van der Waals surface area contributed by atoms with Crippen molar-refractivity contribution < 1.29 is 9.21 Å². The first-order chi connectivity index (χ1) is 13.8. The third-order valence-electron chi connectivity index (χ3n) is 5.29. The number of amides is 1. The van der Waals surface area contributed by atoms with Gasteiger partial charge < -0.3 is 9.73 Å². The second-order valence-electron chi connectivity index (χ2n) is 7.42. The quantitative estimate of drug-likeness (QED) is 0.629. The highest BCUT2D eigenvalue weighted by Crippen LogP contribution is 2.32. The van der Waals surface area contributed by atoms with E-state index in [-0.39, 0.29) is 5.91 Å². The van der Waals surface area contributed by atoms with E-state index in [0.717, 1.165) is 35.4 Å². The van der Waals surface area contributed by atoms with Gasteiger partial charge in [-0.2, -0.15) is 0 Å². The van der Waals surface area contributed by atoms with Crippen LogP contribution in [0.5, 0.6) is 0 Å². The third kappa shape index (κ3) is 4.50. The molecule has 4 nitrogen and oxygen atoms in total. The lowest BCUT2D eigenvalue weighted by molar-refractivity contribution is -0.122. The van der Waals surface area contributed by atoms with Crippen molar-refractivity contribution in [3.8, 4) is 22.6 Å². The molecule has 1 aromatic heterocycles. The minimum Gasteiger partial charge on any atom is -0.440 e. The van der Waals surface area contributed by atoms with Gasteiger partial charge in [0, 0.05) is 30.0 Å². The second kappa shape index (κ2) is 8.87. The second-order valence-corrected chi connectivity index (χ2v) is 7.42. The number of rotatable bonds is 6. The first-order valence-electron chi connectivity index (χ1n) is 10.2. The fourth-order valence-corrected chi connectivity index (χ4v) is 3.82. The molecule has 1 fully saturated rings. The number of nitrogens with zero attached hydrogens (tertiary/aromatic N) is 1. The molecule has 3 aromatic rings. The Morgan fingerprint density at radius 3 is 2.25 bits per heavy atom. The van der Waals surface area contributed by atoms with E-state index in [1.54, 1.807) is 0 Å². The molecule has 0 saturated heterocycles. The van der Waals surface area contributed by atoms with Crippen LogP contribution in [-0.4, -0.2) is 16.9 Å². The van der Waals surface area contributed by atoms with Gasteiger partial charge in [0.05, 0.1) is 0 Å². The van der Waals surface area contributed by atoms with Gasteiger partial charge in [0.2, 0.25) is 5.91 Å². The van der Waals surface area contributed by atoms with Crippen LogP contribution in [0.25, 0.3) is 22.6 Å². The molecule has 0 unspecified atom stereocenters. The summed E-state index contributed by atoms with van der Waals surface area (Å²) in [4.78, 5) is 17.1. The highest BCUT2D eigenvalue weighted by molar-refractivity contribution is 5.78. The number of aromatic nitrogens is 1. The summed E-state index contributed by atoms with van der Waals surface area (Å²) >= 11 is 0. The van der Waals surface area contributed by atoms with Crippen LogP contribution in [-0.2, 0) is 11.2 Å². The average Bonchev–Trinajstić information content (AvgIpc) is 3.19. The van der Waals surface area contributed by atoms with Gasteiger partial charge in [-0.25, -0.2) is 4.98 Å². The van der Waals surface area contributed by atoms with E-state index in [9.17, 15) is 4.79 Å². The van der Waals surface area contributed by atoms with Crippen molar-refractivity contribution in [1.29, 1.82) is 0 Å². The monoisotopic (exact) mass is 374 g/mol. The van der Waals surface area contributed by atoms with Crippen molar-refractivity contribution in [2.24, 2.45) is 0 Å². The summed E-state index contributed by atoms with van der Waals surface area (Å²) in [7, 11) is 0. The Bertz CT molecular complexity index is 840. The maximum Gasteiger partial charge on any atom is 0.220 e. The maximum atomic E-state index is 12.3. The molecule has 1 amide bonds. The average molecular weight is 374 g/mol. The van der Waals surface area contributed by atoms with Crippen LogP contribution in [0.2, 0.25) is 0 Å². The molecule has 1 N–H and O–H groups in total. The standard InChI is InChI=1S/C24H26N2O2/c27-21(25-20-14-8-3-9-15-20)16-17-22-26-23(18-10-4-1-5-11-18)24(28-22)19-12-6-2-7-13-19/h1-2,4-7,10-13,20H,3,8-9,14-17H2,(H,25,27). The fourth-order valence-electron chi connectivity index (χ4n) is 3.82. The highest BCUT2D eigenvalue weighted by Gasteiger charge is 2.19. The Balaban J connectivity index is 1.50. The molecule has 1 saturated carbocycles. The van der Waals surface area contributed by atoms with Crippen LogP contribution in [0.15, 0.2) is 65.1 Å². The van der Waals surface area contributed by atoms with Crippen molar-refractivity contribution in [3.05, 3.63) is 66.6 Å². The largest absolute Gasteiger partial charge is 0.440 e. The Morgan fingerprint density at radius 1 is 0.929 bits per heavy atom. The van der Waals surface area contributed by atoms with Crippen molar-refractivity contribution in [2.75, 3.05) is 0 Å². The summed E-state index contributed by atoms with van der Waals surface area (Å²) < 4.78 is 6.10. The van der Waals surface area contributed by atoms with Crippen molar-refractivity contribution in [3.63, 3.8) is 0 Å². The predicted molar refractivity (Wildman–Crippen MR) is 111 cm³/mol. The molecular formula is C24H26N2O2. The minimum absolute atomic E-state index is 0.0904. The normalized spacial score (nSPS) is 14.7. The summed E-state index contributed by atoms with van der Waals surface area (Å²) in [5, 5.41) is 3.17. The van der Waals surface area contributed by atoms with E-state index in [1.807, 2.05) is 60.7 Å². The molecule has 1 aliphatic carbocycles. The summed E-state index contributed by atoms with van der Waals surface area (Å²) in [6.45, 7) is 0. The molecule has 4 heteroatoms. The number of carbonyl (C=O) groups is 1. The van der Waals surface area contributed by atoms with Crippen LogP contribution in [0.1, 0.15) is 44.4 Å². The first-order valence-corrected chi connectivity index (χ1v) is 10.2. The summed E-state index contributed by atoms with van der Waals surface area (Å²) in [5.74, 6) is 1.46. The molecule has 1 heterocycles. The number of carbonyl (C=O) groups excluding carboxylic acids is 1. The Labute approximate surface area is 166 Å².